The molecule has 0 fully saturated rings. The monoisotopic (exact) mass is 163 g/mol. The average molecular weight is 163 g/mol. The fourth-order valence-corrected chi connectivity index (χ4v) is 1.39. The van der Waals surface area contributed by atoms with E-state index in [0.717, 1.165) is 5.69 Å². The number of rotatable bonds is 0. The van der Waals surface area contributed by atoms with E-state index in [1.165, 1.54) is 11.3 Å². The van der Waals surface area contributed by atoms with Gasteiger partial charge in [-0.1, -0.05) is 26.8 Å². The van der Waals surface area contributed by atoms with Crippen LogP contribution in [0.15, 0.2) is 12.1 Å². The van der Waals surface area contributed by atoms with Gasteiger partial charge in [-0.25, -0.2) is 0 Å². The summed E-state index contributed by atoms with van der Waals surface area (Å²) in [6, 6.07) is 4.20. The normalized spacial score (nSPS) is 11.8. The minimum Gasteiger partial charge on any atom is -0.257 e. The number of aryl methyl sites for hydroxylation is 2. The molecule has 66 valence electrons. The second kappa shape index (κ2) is 2.89. The highest BCUT2D eigenvalue weighted by Crippen LogP contribution is 2.23. The van der Waals surface area contributed by atoms with E-state index in [4.69, 9.17) is 0 Å². The first-order valence-electron chi connectivity index (χ1n) is 4.36. The largest absolute Gasteiger partial charge is 0.257 e. The zero-order valence-corrected chi connectivity index (χ0v) is 8.60. The van der Waals surface area contributed by atoms with Crippen molar-refractivity contribution in [1.82, 2.24) is 4.98 Å². The summed E-state index contributed by atoms with van der Waals surface area (Å²) >= 11 is 0. The van der Waals surface area contributed by atoms with Crippen LogP contribution in [0.5, 0.6) is 0 Å². The van der Waals surface area contributed by atoms with Crippen LogP contribution in [0.3, 0.4) is 0 Å². The van der Waals surface area contributed by atoms with Crippen LogP contribution < -0.4 is 0 Å². The van der Waals surface area contributed by atoms with Crippen molar-refractivity contribution >= 4 is 0 Å². The van der Waals surface area contributed by atoms with Crippen LogP contribution in [-0.4, -0.2) is 4.98 Å². The lowest BCUT2D eigenvalue weighted by Crippen LogP contribution is -2.15. The summed E-state index contributed by atoms with van der Waals surface area (Å²) in [4.78, 5) is 4.54. The minimum atomic E-state index is 0.163. The molecule has 0 amide bonds. The summed E-state index contributed by atoms with van der Waals surface area (Å²) in [6.45, 7) is 10.7. The van der Waals surface area contributed by atoms with Crippen molar-refractivity contribution in [2.75, 3.05) is 0 Å². The third-order valence-corrected chi connectivity index (χ3v) is 1.95. The van der Waals surface area contributed by atoms with Gasteiger partial charge in [-0.05, 0) is 25.5 Å². The SMILES string of the molecule is Cc1ccc(C)c(C(C)(C)C)n1. The van der Waals surface area contributed by atoms with E-state index in [2.05, 4.69) is 44.8 Å². The van der Waals surface area contributed by atoms with E-state index in [-0.39, 0.29) is 5.41 Å². The molecule has 1 heterocycles. The molecule has 0 radical (unpaired) electrons. The molecule has 1 aromatic rings. The zero-order valence-electron chi connectivity index (χ0n) is 8.60. The van der Waals surface area contributed by atoms with E-state index >= 15 is 0 Å². The van der Waals surface area contributed by atoms with E-state index in [1.54, 1.807) is 0 Å². The van der Waals surface area contributed by atoms with Crippen LogP contribution >= 0.6 is 0 Å². The first-order chi connectivity index (χ1) is 5.41. The lowest BCUT2D eigenvalue weighted by Gasteiger charge is -2.20. The van der Waals surface area contributed by atoms with Gasteiger partial charge in [0, 0.05) is 16.8 Å². The van der Waals surface area contributed by atoms with Gasteiger partial charge in [-0.3, -0.25) is 4.98 Å². The second-order valence-corrected chi connectivity index (χ2v) is 4.37. The number of hydrogen-bond acceptors (Lipinski definition) is 1. The van der Waals surface area contributed by atoms with Gasteiger partial charge in [0.1, 0.15) is 0 Å². The summed E-state index contributed by atoms with van der Waals surface area (Å²) in [5, 5.41) is 0. The molecule has 0 N–H and O–H groups in total. The molecule has 0 saturated heterocycles. The molecule has 0 unspecified atom stereocenters. The molecule has 0 aromatic carbocycles. The molecule has 0 spiro atoms. The topological polar surface area (TPSA) is 12.9 Å². The third-order valence-electron chi connectivity index (χ3n) is 1.95. The van der Waals surface area contributed by atoms with Gasteiger partial charge in [-0.15, -0.1) is 0 Å². The third kappa shape index (κ3) is 1.84. The summed E-state index contributed by atoms with van der Waals surface area (Å²) in [5.41, 5.74) is 3.76. The van der Waals surface area contributed by atoms with Crippen molar-refractivity contribution in [1.29, 1.82) is 0 Å². The van der Waals surface area contributed by atoms with Crippen molar-refractivity contribution in [2.45, 2.75) is 40.0 Å². The highest BCUT2D eigenvalue weighted by molar-refractivity contribution is 5.26. The molecule has 1 heteroatoms. The minimum absolute atomic E-state index is 0.163. The van der Waals surface area contributed by atoms with Gasteiger partial charge in [0.05, 0.1) is 0 Å². The number of aromatic nitrogens is 1. The van der Waals surface area contributed by atoms with E-state index in [1.807, 2.05) is 6.92 Å². The first kappa shape index (κ1) is 9.24. The summed E-state index contributed by atoms with van der Waals surface area (Å²) in [5.74, 6) is 0. The Balaban J connectivity index is 3.23. The van der Waals surface area contributed by atoms with Crippen LogP contribution in [0.2, 0.25) is 0 Å². The molecule has 1 aromatic heterocycles. The molecular weight excluding hydrogens is 146 g/mol. The van der Waals surface area contributed by atoms with Crippen LogP contribution in [0.25, 0.3) is 0 Å². The van der Waals surface area contributed by atoms with E-state index in [9.17, 15) is 0 Å². The molecule has 0 atom stereocenters. The first-order valence-corrected chi connectivity index (χ1v) is 4.36. The van der Waals surface area contributed by atoms with Crippen molar-refractivity contribution in [3.8, 4) is 0 Å². The fourth-order valence-electron chi connectivity index (χ4n) is 1.39. The zero-order chi connectivity index (χ0) is 9.35. The van der Waals surface area contributed by atoms with Gasteiger partial charge < -0.3 is 0 Å². The quantitative estimate of drug-likeness (QED) is 0.573. The Kier molecular flexibility index (Phi) is 2.22. The molecule has 0 bridgehead atoms. The Hall–Kier alpha value is -0.850. The summed E-state index contributed by atoms with van der Waals surface area (Å²) in [6.07, 6.45) is 0. The molecule has 0 saturated carbocycles. The molecular formula is C11H17N. The second-order valence-electron chi connectivity index (χ2n) is 4.37. The Morgan fingerprint density at radius 2 is 1.67 bits per heavy atom. The van der Waals surface area contributed by atoms with Crippen molar-refractivity contribution in [3.05, 3.63) is 29.1 Å². The molecule has 0 aliphatic heterocycles. The summed E-state index contributed by atoms with van der Waals surface area (Å²) in [7, 11) is 0. The average Bonchev–Trinajstić information content (AvgIpc) is 1.92. The fraction of sp³-hybridized carbons (Fsp3) is 0.545. The van der Waals surface area contributed by atoms with Gasteiger partial charge in [0.2, 0.25) is 0 Å². The number of pyridine rings is 1. The van der Waals surface area contributed by atoms with Crippen LogP contribution in [-0.2, 0) is 5.41 Å². The van der Waals surface area contributed by atoms with Crippen LogP contribution in [0.4, 0.5) is 0 Å². The maximum Gasteiger partial charge on any atom is 0.0489 e. The lowest BCUT2D eigenvalue weighted by molar-refractivity contribution is 0.562. The predicted octanol–water partition coefficient (Wildman–Crippen LogP) is 3.00. The van der Waals surface area contributed by atoms with Crippen molar-refractivity contribution < 1.29 is 0 Å². The smallest absolute Gasteiger partial charge is 0.0489 e. The Labute approximate surface area is 74.8 Å². The van der Waals surface area contributed by atoms with Crippen molar-refractivity contribution in [2.24, 2.45) is 0 Å². The highest BCUT2D eigenvalue weighted by atomic mass is 14.7. The van der Waals surface area contributed by atoms with Gasteiger partial charge in [0.25, 0.3) is 0 Å². The number of nitrogens with zero attached hydrogens (tertiary/aromatic N) is 1. The Morgan fingerprint density at radius 3 is 2.08 bits per heavy atom. The van der Waals surface area contributed by atoms with E-state index in [0.29, 0.717) is 0 Å². The maximum absolute atomic E-state index is 4.54. The Morgan fingerprint density at radius 1 is 1.08 bits per heavy atom. The van der Waals surface area contributed by atoms with Gasteiger partial charge in [0.15, 0.2) is 0 Å². The predicted molar refractivity (Wildman–Crippen MR) is 52.4 cm³/mol. The molecule has 1 nitrogen and oxygen atoms in total. The van der Waals surface area contributed by atoms with Crippen LogP contribution in [0, 0.1) is 13.8 Å². The lowest BCUT2D eigenvalue weighted by atomic mass is 9.88. The highest BCUT2D eigenvalue weighted by Gasteiger charge is 2.17. The van der Waals surface area contributed by atoms with Gasteiger partial charge >= 0.3 is 0 Å². The molecule has 12 heavy (non-hydrogen) atoms. The standard InChI is InChI=1S/C11H17N/c1-8-6-7-9(2)12-10(8)11(3,4)5/h6-7H,1-5H3. The molecule has 0 aliphatic carbocycles. The molecule has 0 aliphatic rings. The molecule has 1 rings (SSSR count). The summed E-state index contributed by atoms with van der Waals surface area (Å²) < 4.78 is 0. The van der Waals surface area contributed by atoms with E-state index < -0.39 is 0 Å². The number of hydrogen-bond donors (Lipinski definition) is 0. The Bertz CT molecular complexity index is 282. The van der Waals surface area contributed by atoms with Gasteiger partial charge in [-0.2, -0.15) is 0 Å². The van der Waals surface area contributed by atoms with Crippen LogP contribution in [0.1, 0.15) is 37.7 Å². The van der Waals surface area contributed by atoms with Crippen molar-refractivity contribution in [3.63, 3.8) is 0 Å². The maximum atomic E-state index is 4.54.